The Balaban J connectivity index is 3.00. The molecule has 5 heteroatoms. The largest absolute Gasteiger partial charge is 0.345 e. The Bertz CT molecular complexity index is 462. The summed E-state index contributed by atoms with van der Waals surface area (Å²) >= 11 is 0. The van der Waals surface area contributed by atoms with E-state index in [4.69, 9.17) is 0 Å². The van der Waals surface area contributed by atoms with E-state index in [1.807, 2.05) is 26.0 Å². The van der Waals surface area contributed by atoms with Crippen molar-refractivity contribution in [3.63, 3.8) is 0 Å². The molecule has 0 spiro atoms. The van der Waals surface area contributed by atoms with Crippen LogP contribution in [0.2, 0.25) is 0 Å². The molecule has 1 N–H and O–H groups in total. The maximum absolute atomic E-state index is 12.5. The van der Waals surface area contributed by atoms with Crippen LogP contribution in [0.15, 0.2) is 18.2 Å². The van der Waals surface area contributed by atoms with Gasteiger partial charge in [-0.15, -0.1) is 0 Å². The lowest BCUT2D eigenvalue weighted by molar-refractivity contribution is -0.127. The minimum atomic E-state index is -0.902. The molecule has 0 aliphatic carbocycles. The number of rotatable bonds is 6. The first-order valence-electron chi connectivity index (χ1n) is 6.44. The number of aromatic nitrogens is 1. The molecule has 1 atom stereocenters. The minimum absolute atomic E-state index is 0.178. The summed E-state index contributed by atoms with van der Waals surface area (Å²) in [5.41, 5.74) is 0.0270. The fourth-order valence-electron chi connectivity index (χ4n) is 1.77. The van der Waals surface area contributed by atoms with Crippen molar-refractivity contribution in [2.24, 2.45) is 0 Å². The average Bonchev–Trinajstić information content (AvgIpc) is 2.45. The molecular formula is C14H21N3O2. The molecule has 0 saturated heterocycles. The zero-order chi connectivity index (χ0) is 14.5. The topological polar surface area (TPSA) is 62.3 Å². The Morgan fingerprint density at radius 3 is 2.68 bits per heavy atom. The monoisotopic (exact) mass is 263 g/mol. The van der Waals surface area contributed by atoms with Crippen LogP contribution in [0.25, 0.3) is 0 Å². The molecule has 5 nitrogen and oxygen atoms in total. The van der Waals surface area contributed by atoms with Crippen LogP contribution in [0.5, 0.6) is 0 Å². The van der Waals surface area contributed by atoms with Gasteiger partial charge in [-0.3, -0.25) is 14.5 Å². The maximum atomic E-state index is 12.5. The fraction of sp³-hybridized carbons (Fsp3) is 0.500. The second kappa shape index (κ2) is 6.31. The van der Waals surface area contributed by atoms with Gasteiger partial charge in [-0.25, -0.2) is 4.98 Å². The van der Waals surface area contributed by atoms with Crippen molar-refractivity contribution >= 4 is 18.1 Å². The molecular weight excluding hydrogens is 242 g/mol. The summed E-state index contributed by atoms with van der Waals surface area (Å²) in [6, 6.07) is 5.58. The second-order valence-electron chi connectivity index (χ2n) is 4.65. The molecule has 2 amide bonds. The molecule has 0 radical (unpaired) electrons. The van der Waals surface area contributed by atoms with Gasteiger partial charge >= 0.3 is 0 Å². The van der Waals surface area contributed by atoms with E-state index >= 15 is 0 Å². The normalized spacial score (nSPS) is 13.5. The molecule has 0 aliphatic heterocycles. The molecule has 1 aromatic heterocycles. The number of hydrogen-bond donors (Lipinski definition) is 1. The molecule has 0 fully saturated rings. The summed E-state index contributed by atoms with van der Waals surface area (Å²) in [5.74, 6) is 0.416. The van der Waals surface area contributed by atoms with Crippen LogP contribution < -0.4 is 10.2 Å². The Morgan fingerprint density at radius 2 is 2.16 bits per heavy atom. The Hall–Kier alpha value is -1.91. The number of nitrogens with one attached hydrogen (secondary N) is 1. The summed E-state index contributed by atoms with van der Waals surface area (Å²) in [7, 11) is 1.67. The van der Waals surface area contributed by atoms with Crippen LogP contribution >= 0.6 is 0 Å². The molecule has 0 saturated carbocycles. The first-order valence-corrected chi connectivity index (χ1v) is 6.44. The van der Waals surface area contributed by atoms with E-state index in [1.165, 1.54) is 4.90 Å². The quantitative estimate of drug-likeness (QED) is 0.792. The Labute approximate surface area is 114 Å². The lowest BCUT2D eigenvalue weighted by atomic mass is 9.97. The van der Waals surface area contributed by atoms with Crippen molar-refractivity contribution in [1.29, 1.82) is 0 Å². The van der Waals surface area contributed by atoms with Gasteiger partial charge in [0, 0.05) is 12.7 Å². The van der Waals surface area contributed by atoms with E-state index in [-0.39, 0.29) is 5.91 Å². The highest BCUT2D eigenvalue weighted by atomic mass is 16.2. The predicted octanol–water partition coefficient (Wildman–Crippen LogP) is 1.52. The SMILES string of the molecule is CCc1cccc(N(C)C(=O)C(C)(CC)NC=O)n1. The number of hydrogen-bond acceptors (Lipinski definition) is 3. The summed E-state index contributed by atoms with van der Waals surface area (Å²) in [4.78, 5) is 29.0. The lowest BCUT2D eigenvalue weighted by Gasteiger charge is -2.30. The van der Waals surface area contributed by atoms with Crippen LogP contribution in [0.1, 0.15) is 32.9 Å². The minimum Gasteiger partial charge on any atom is -0.345 e. The third-order valence-electron chi connectivity index (χ3n) is 3.36. The molecule has 1 rings (SSSR count). The molecule has 0 bridgehead atoms. The van der Waals surface area contributed by atoms with Crippen LogP contribution in [0.3, 0.4) is 0 Å². The summed E-state index contributed by atoms with van der Waals surface area (Å²) in [6.07, 6.45) is 1.89. The number of amides is 2. The first-order chi connectivity index (χ1) is 8.98. The fourth-order valence-corrected chi connectivity index (χ4v) is 1.77. The van der Waals surface area contributed by atoms with E-state index in [2.05, 4.69) is 10.3 Å². The van der Waals surface area contributed by atoms with Gasteiger partial charge in [-0.1, -0.05) is 19.9 Å². The van der Waals surface area contributed by atoms with E-state index in [0.717, 1.165) is 12.1 Å². The molecule has 1 aromatic rings. The number of aryl methyl sites for hydroxylation is 1. The van der Waals surface area contributed by atoms with Crippen molar-refractivity contribution in [3.8, 4) is 0 Å². The number of anilines is 1. The number of pyridine rings is 1. The Kier molecular flexibility index (Phi) is 5.03. The van der Waals surface area contributed by atoms with Gasteiger partial charge in [0.25, 0.3) is 5.91 Å². The van der Waals surface area contributed by atoms with Crippen LogP contribution in [0.4, 0.5) is 5.82 Å². The van der Waals surface area contributed by atoms with Crippen molar-refractivity contribution in [2.45, 2.75) is 39.2 Å². The van der Waals surface area contributed by atoms with Crippen LogP contribution in [-0.2, 0) is 16.0 Å². The second-order valence-corrected chi connectivity index (χ2v) is 4.65. The number of carbonyl (C=O) groups excluding carboxylic acids is 2. The van der Waals surface area contributed by atoms with Gasteiger partial charge < -0.3 is 5.32 Å². The molecule has 1 heterocycles. The summed E-state index contributed by atoms with van der Waals surface area (Å²) < 4.78 is 0. The van der Waals surface area contributed by atoms with E-state index < -0.39 is 5.54 Å². The number of likely N-dealkylation sites (N-methyl/N-ethyl adjacent to an activating group) is 1. The van der Waals surface area contributed by atoms with Gasteiger partial charge in [0.05, 0.1) is 0 Å². The lowest BCUT2D eigenvalue weighted by Crippen LogP contribution is -2.54. The third-order valence-corrected chi connectivity index (χ3v) is 3.36. The zero-order valence-corrected chi connectivity index (χ0v) is 11.9. The van der Waals surface area contributed by atoms with Gasteiger partial charge in [-0.05, 0) is 31.9 Å². The number of carbonyl (C=O) groups is 2. The van der Waals surface area contributed by atoms with Crippen molar-refractivity contribution in [2.75, 3.05) is 11.9 Å². The average molecular weight is 263 g/mol. The molecule has 19 heavy (non-hydrogen) atoms. The summed E-state index contributed by atoms with van der Waals surface area (Å²) in [6.45, 7) is 5.58. The molecule has 104 valence electrons. The highest BCUT2D eigenvalue weighted by molar-refractivity contribution is 5.99. The van der Waals surface area contributed by atoms with Crippen LogP contribution in [-0.4, -0.2) is 29.9 Å². The maximum Gasteiger partial charge on any atom is 0.253 e. The van der Waals surface area contributed by atoms with Gasteiger partial charge in [-0.2, -0.15) is 0 Å². The predicted molar refractivity (Wildman–Crippen MR) is 74.9 cm³/mol. The highest BCUT2D eigenvalue weighted by Gasteiger charge is 2.34. The highest BCUT2D eigenvalue weighted by Crippen LogP contribution is 2.17. The van der Waals surface area contributed by atoms with E-state index in [0.29, 0.717) is 18.6 Å². The van der Waals surface area contributed by atoms with Crippen molar-refractivity contribution < 1.29 is 9.59 Å². The van der Waals surface area contributed by atoms with Crippen molar-refractivity contribution in [1.82, 2.24) is 10.3 Å². The number of nitrogens with zero attached hydrogens (tertiary/aromatic N) is 2. The zero-order valence-electron chi connectivity index (χ0n) is 11.9. The molecule has 0 aromatic carbocycles. The van der Waals surface area contributed by atoms with Crippen LogP contribution in [0, 0.1) is 0 Å². The third kappa shape index (κ3) is 3.30. The van der Waals surface area contributed by atoms with Gasteiger partial charge in [0.1, 0.15) is 11.4 Å². The van der Waals surface area contributed by atoms with Gasteiger partial charge in [0.2, 0.25) is 6.41 Å². The first kappa shape index (κ1) is 15.1. The molecule has 0 aliphatic rings. The summed E-state index contributed by atoms with van der Waals surface area (Å²) in [5, 5.41) is 2.59. The van der Waals surface area contributed by atoms with E-state index in [1.54, 1.807) is 20.0 Å². The standard InChI is InChI=1S/C14H21N3O2/c1-5-11-8-7-9-12(16-11)17(4)13(19)14(3,6-2)15-10-18/h7-10H,5-6H2,1-4H3,(H,15,18). The van der Waals surface area contributed by atoms with Crippen molar-refractivity contribution in [3.05, 3.63) is 23.9 Å². The van der Waals surface area contributed by atoms with E-state index in [9.17, 15) is 9.59 Å². The van der Waals surface area contributed by atoms with Gasteiger partial charge in [0.15, 0.2) is 0 Å². The molecule has 1 unspecified atom stereocenters. The Morgan fingerprint density at radius 1 is 1.47 bits per heavy atom. The smallest absolute Gasteiger partial charge is 0.253 e.